The van der Waals surface area contributed by atoms with Crippen molar-refractivity contribution in [2.75, 3.05) is 5.32 Å². The van der Waals surface area contributed by atoms with Crippen molar-refractivity contribution in [3.63, 3.8) is 0 Å². The molecule has 19 heavy (non-hydrogen) atoms. The summed E-state index contributed by atoms with van der Waals surface area (Å²) in [6.07, 6.45) is 0. The molecule has 0 aliphatic carbocycles. The van der Waals surface area contributed by atoms with E-state index in [1.165, 1.54) is 11.3 Å². The molecule has 2 rings (SSSR count). The summed E-state index contributed by atoms with van der Waals surface area (Å²) in [5.74, 6) is 0.0485. The second kappa shape index (κ2) is 5.90. The lowest BCUT2D eigenvalue weighted by atomic mass is 10.2. The van der Waals surface area contributed by atoms with Gasteiger partial charge < -0.3 is 0 Å². The average Bonchev–Trinajstić information content (AvgIpc) is 2.77. The molecular formula is C13H12Cl2N2OS. The highest BCUT2D eigenvalue weighted by Crippen LogP contribution is 2.24. The summed E-state index contributed by atoms with van der Waals surface area (Å²) in [5, 5.41) is 6.06. The van der Waals surface area contributed by atoms with Crippen LogP contribution < -0.4 is 5.32 Å². The summed E-state index contributed by atoms with van der Waals surface area (Å²) < 4.78 is 0. The summed E-state index contributed by atoms with van der Waals surface area (Å²) in [5.41, 5.74) is 1.34. The van der Waals surface area contributed by atoms with Crippen molar-refractivity contribution in [2.45, 2.75) is 19.8 Å². The largest absolute Gasteiger partial charge is 0.298 e. The van der Waals surface area contributed by atoms with Crippen molar-refractivity contribution in [1.82, 2.24) is 4.98 Å². The van der Waals surface area contributed by atoms with E-state index in [0.29, 0.717) is 26.7 Å². The molecule has 0 atom stereocenters. The summed E-state index contributed by atoms with van der Waals surface area (Å²) >= 11 is 13.2. The van der Waals surface area contributed by atoms with Gasteiger partial charge in [0.05, 0.1) is 16.3 Å². The first kappa shape index (κ1) is 14.3. The van der Waals surface area contributed by atoms with E-state index in [1.54, 1.807) is 18.2 Å². The molecule has 0 radical (unpaired) electrons. The SMILES string of the molecule is CC(C)c1csc(NC(=O)c2ccc(Cl)cc2Cl)n1. The molecule has 1 aromatic carbocycles. The van der Waals surface area contributed by atoms with Gasteiger partial charge in [-0.25, -0.2) is 4.98 Å². The fourth-order valence-electron chi connectivity index (χ4n) is 1.45. The Morgan fingerprint density at radius 2 is 2.11 bits per heavy atom. The monoisotopic (exact) mass is 314 g/mol. The van der Waals surface area contributed by atoms with E-state index in [0.717, 1.165) is 5.69 Å². The molecule has 1 aromatic heterocycles. The van der Waals surface area contributed by atoms with Crippen LogP contribution in [0.4, 0.5) is 5.13 Å². The minimum atomic E-state index is -0.286. The maximum absolute atomic E-state index is 12.1. The number of hydrogen-bond donors (Lipinski definition) is 1. The van der Waals surface area contributed by atoms with Gasteiger partial charge in [0.15, 0.2) is 5.13 Å². The standard InChI is InChI=1S/C13H12Cl2N2OS/c1-7(2)11-6-19-13(16-11)17-12(18)9-4-3-8(14)5-10(9)15/h3-7H,1-2H3,(H,16,17,18). The number of halogens is 2. The van der Waals surface area contributed by atoms with E-state index in [2.05, 4.69) is 24.1 Å². The van der Waals surface area contributed by atoms with Crippen LogP contribution in [-0.2, 0) is 0 Å². The quantitative estimate of drug-likeness (QED) is 0.882. The number of hydrogen-bond acceptors (Lipinski definition) is 3. The number of carbonyl (C=O) groups is 1. The third-order valence-corrected chi connectivity index (χ3v) is 3.83. The highest BCUT2D eigenvalue weighted by atomic mass is 35.5. The van der Waals surface area contributed by atoms with Gasteiger partial charge in [0, 0.05) is 10.4 Å². The molecule has 1 N–H and O–H groups in total. The third kappa shape index (κ3) is 3.47. The van der Waals surface area contributed by atoms with E-state index >= 15 is 0 Å². The molecular weight excluding hydrogens is 303 g/mol. The van der Waals surface area contributed by atoms with Crippen LogP contribution in [0.3, 0.4) is 0 Å². The van der Waals surface area contributed by atoms with E-state index in [1.807, 2.05) is 5.38 Å². The minimum Gasteiger partial charge on any atom is -0.298 e. The Balaban J connectivity index is 2.16. The van der Waals surface area contributed by atoms with Crippen molar-refractivity contribution < 1.29 is 4.79 Å². The lowest BCUT2D eigenvalue weighted by Gasteiger charge is -2.04. The Labute approximate surface area is 125 Å². The van der Waals surface area contributed by atoms with Gasteiger partial charge in [0.25, 0.3) is 5.91 Å². The zero-order valence-corrected chi connectivity index (χ0v) is 12.7. The van der Waals surface area contributed by atoms with Crippen molar-refractivity contribution in [2.24, 2.45) is 0 Å². The fourth-order valence-corrected chi connectivity index (χ4v) is 2.81. The van der Waals surface area contributed by atoms with E-state index in [9.17, 15) is 4.79 Å². The number of benzene rings is 1. The Morgan fingerprint density at radius 3 is 2.68 bits per heavy atom. The van der Waals surface area contributed by atoms with Crippen molar-refractivity contribution in [3.8, 4) is 0 Å². The molecule has 0 aliphatic rings. The van der Waals surface area contributed by atoms with Crippen LogP contribution in [0.15, 0.2) is 23.6 Å². The highest BCUT2D eigenvalue weighted by molar-refractivity contribution is 7.14. The van der Waals surface area contributed by atoms with Gasteiger partial charge in [-0.1, -0.05) is 37.0 Å². The number of rotatable bonds is 3. The van der Waals surface area contributed by atoms with Crippen LogP contribution in [0.5, 0.6) is 0 Å². The third-order valence-electron chi connectivity index (χ3n) is 2.51. The van der Waals surface area contributed by atoms with Gasteiger partial charge in [0.2, 0.25) is 0 Å². The van der Waals surface area contributed by atoms with E-state index in [-0.39, 0.29) is 5.91 Å². The maximum atomic E-state index is 12.1. The lowest BCUT2D eigenvalue weighted by Crippen LogP contribution is -2.12. The number of anilines is 1. The predicted molar refractivity (Wildman–Crippen MR) is 80.6 cm³/mol. The van der Waals surface area contributed by atoms with Gasteiger partial charge in [-0.05, 0) is 24.1 Å². The molecule has 3 nitrogen and oxygen atoms in total. The van der Waals surface area contributed by atoms with Crippen LogP contribution in [0, 0.1) is 0 Å². The van der Waals surface area contributed by atoms with Crippen LogP contribution in [-0.4, -0.2) is 10.9 Å². The molecule has 2 aromatic rings. The second-order valence-electron chi connectivity index (χ2n) is 4.31. The Bertz CT molecular complexity index is 610. The second-order valence-corrected chi connectivity index (χ2v) is 6.01. The van der Waals surface area contributed by atoms with Crippen molar-refractivity contribution in [1.29, 1.82) is 0 Å². The lowest BCUT2D eigenvalue weighted by molar-refractivity contribution is 0.102. The number of aromatic nitrogens is 1. The van der Waals surface area contributed by atoms with Crippen LogP contribution in [0.2, 0.25) is 10.0 Å². The molecule has 0 aliphatic heterocycles. The first-order valence-corrected chi connectivity index (χ1v) is 7.32. The van der Waals surface area contributed by atoms with E-state index in [4.69, 9.17) is 23.2 Å². The van der Waals surface area contributed by atoms with Crippen LogP contribution >= 0.6 is 34.5 Å². The summed E-state index contributed by atoms with van der Waals surface area (Å²) in [6.45, 7) is 4.10. The molecule has 0 bridgehead atoms. The van der Waals surface area contributed by atoms with Crippen molar-refractivity contribution >= 4 is 45.6 Å². The maximum Gasteiger partial charge on any atom is 0.258 e. The highest BCUT2D eigenvalue weighted by Gasteiger charge is 2.13. The smallest absolute Gasteiger partial charge is 0.258 e. The van der Waals surface area contributed by atoms with Crippen molar-refractivity contribution in [3.05, 3.63) is 44.9 Å². The molecule has 0 saturated heterocycles. The molecule has 0 fully saturated rings. The fraction of sp³-hybridized carbons (Fsp3) is 0.231. The summed E-state index contributed by atoms with van der Waals surface area (Å²) in [4.78, 5) is 16.4. The number of thiazole rings is 1. The molecule has 0 spiro atoms. The van der Waals surface area contributed by atoms with Crippen LogP contribution in [0.25, 0.3) is 0 Å². The van der Waals surface area contributed by atoms with E-state index < -0.39 is 0 Å². The first-order valence-electron chi connectivity index (χ1n) is 5.69. The van der Waals surface area contributed by atoms with Gasteiger partial charge >= 0.3 is 0 Å². The van der Waals surface area contributed by atoms with Gasteiger partial charge in [-0.2, -0.15) is 0 Å². The average molecular weight is 315 g/mol. The predicted octanol–water partition coefficient (Wildman–Crippen LogP) is 4.83. The minimum absolute atomic E-state index is 0.286. The van der Waals surface area contributed by atoms with Gasteiger partial charge in [-0.3, -0.25) is 10.1 Å². The summed E-state index contributed by atoms with van der Waals surface area (Å²) in [7, 11) is 0. The first-order chi connectivity index (χ1) is 8.97. The zero-order chi connectivity index (χ0) is 14.0. The zero-order valence-electron chi connectivity index (χ0n) is 10.4. The number of carbonyl (C=O) groups excluding carboxylic acids is 1. The number of nitrogens with one attached hydrogen (secondary N) is 1. The molecule has 1 amide bonds. The number of nitrogens with zero attached hydrogens (tertiary/aromatic N) is 1. The molecule has 6 heteroatoms. The molecule has 0 saturated carbocycles. The Kier molecular flexibility index (Phi) is 4.45. The van der Waals surface area contributed by atoms with Gasteiger partial charge in [-0.15, -0.1) is 11.3 Å². The Hall–Kier alpha value is -1.10. The Morgan fingerprint density at radius 1 is 1.37 bits per heavy atom. The summed E-state index contributed by atoms with van der Waals surface area (Å²) in [6, 6.07) is 4.76. The molecule has 100 valence electrons. The normalized spacial score (nSPS) is 10.8. The molecule has 0 unspecified atom stereocenters. The topological polar surface area (TPSA) is 42.0 Å². The number of amides is 1. The van der Waals surface area contributed by atoms with Crippen LogP contribution in [0.1, 0.15) is 35.8 Å². The van der Waals surface area contributed by atoms with Gasteiger partial charge in [0.1, 0.15) is 0 Å². The molecule has 1 heterocycles.